The van der Waals surface area contributed by atoms with Crippen molar-refractivity contribution in [2.45, 2.75) is 57.9 Å². The Labute approximate surface area is 184 Å². The van der Waals surface area contributed by atoms with Crippen LogP contribution < -0.4 is 11.1 Å². The fourth-order valence-electron chi connectivity index (χ4n) is 3.71. The van der Waals surface area contributed by atoms with Crippen LogP contribution in [-0.2, 0) is 25.5 Å². The van der Waals surface area contributed by atoms with Gasteiger partial charge in [0.2, 0.25) is 5.91 Å². The summed E-state index contributed by atoms with van der Waals surface area (Å²) in [7, 11) is 0. The largest absolute Gasteiger partial charge is 0.466 e. The molecule has 0 aliphatic carbocycles. The molecule has 0 radical (unpaired) electrons. The number of epoxide rings is 1. The van der Waals surface area contributed by atoms with Gasteiger partial charge in [-0.15, -0.1) is 0 Å². The predicted octanol–water partition coefficient (Wildman–Crippen LogP) is 3.43. The molecule has 31 heavy (non-hydrogen) atoms. The van der Waals surface area contributed by atoms with E-state index in [1.165, 1.54) is 0 Å². The third-order valence-electron chi connectivity index (χ3n) is 5.51. The van der Waals surface area contributed by atoms with Crippen LogP contribution in [0, 0.1) is 5.92 Å². The fourth-order valence-corrected chi connectivity index (χ4v) is 3.71. The van der Waals surface area contributed by atoms with Crippen molar-refractivity contribution < 1.29 is 19.1 Å². The van der Waals surface area contributed by atoms with Crippen LogP contribution in [0.5, 0.6) is 0 Å². The van der Waals surface area contributed by atoms with E-state index in [1.54, 1.807) is 6.92 Å². The molecule has 1 aliphatic rings. The monoisotopic (exact) mass is 424 g/mol. The van der Waals surface area contributed by atoms with E-state index in [2.05, 4.69) is 41.7 Å². The molecule has 2 aromatic carbocycles. The van der Waals surface area contributed by atoms with Crippen molar-refractivity contribution in [3.63, 3.8) is 0 Å². The smallest absolute Gasteiger partial charge is 0.308 e. The maximum absolute atomic E-state index is 12.5. The summed E-state index contributed by atoms with van der Waals surface area (Å²) in [5.74, 6) is -0.586. The highest BCUT2D eigenvalue weighted by Gasteiger charge is 2.35. The molecule has 0 saturated carbocycles. The second-order valence-electron chi connectivity index (χ2n) is 8.10. The first-order chi connectivity index (χ1) is 15.0. The number of carbonyl (C=O) groups is 2. The van der Waals surface area contributed by atoms with Crippen molar-refractivity contribution in [2.75, 3.05) is 6.61 Å². The molecule has 4 atom stereocenters. The molecule has 3 rings (SSSR count). The number of amides is 1. The number of nitrogens with one attached hydrogen (secondary N) is 1. The lowest BCUT2D eigenvalue weighted by Gasteiger charge is -2.22. The van der Waals surface area contributed by atoms with Gasteiger partial charge in [-0.1, -0.05) is 61.5 Å². The first-order valence-corrected chi connectivity index (χ1v) is 11.0. The quantitative estimate of drug-likeness (QED) is 0.426. The van der Waals surface area contributed by atoms with Crippen LogP contribution >= 0.6 is 0 Å². The third kappa shape index (κ3) is 7.19. The molecule has 1 amide bonds. The van der Waals surface area contributed by atoms with Crippen molar-refractivity contribution >= 4 is 11.9 Å². The zero-order valence-electron chi connectivity index (χ0n) is 18.3. The Bertz CT molecular complexity index is 854. The molecule has 2 aromatic rings. The van der Waals surface area contributed by atoms with Crippen molar-refractivity contribution in [1.82, 2.24) is 5.32 Å². The van der Waals surface area contributed by atoms with E-state index in [0.29, 0.717) is 32.3 Å². The van der Waals surface area contributed by atoms with Crippen LogP contribution in [0.4, 0.5) is 0 Å². The zero-order chi connectivity index (χ0) is 22.2. The van der Waals surface area contributed by atoms with Crippen molar-refractivity contribution in [3.8, 4) is 11.1 Å². The summed E-state index contributed by atoms with van der Waals surface area (Å²) in [6.45, 7) is 3.98. The van der Waals surface area contributed by atoms with Gasteiger partial charge in [-0.2, -0.15) is 0 Å². The minimum atomic E-state index is -0.297. The van der Waals surface area contributed by atoms with E-state index in [1.807, 2.05) is 25.1 Å². The highest BCUT2D eigenvalue weighted by molar-refractivity contribution is 5.76. The predicted molar refractivity (Wildman–Crippen MR) is 120 cm³/mol. The van der Waals surface area contributed by atoms with E-state index in [0.717, 1.165) is 16.7 Å². The van der Waals surface area contributed by atoms with Gasteiger partial charge in [-0.25, -0.2) is 0 Å². The summed E-state index contributed by atoms with van der Waals surface area (Å²) in [5.41, 5.74) is 9.04. The summed E-state index contributed by atoms with van der Waals surface area (Å²) in [6.07, 6.45) is 1.87. The van der Waals surface area contributed by atoms with Crippen LogP contribution in [0.1, 0.15) is 38.7 Å². The molecule has 1 heterocycles. The number of ether oxygens (including phenoxy) is 2. The van der Waals surface area contributed by atoms with E-state index < -0.39 is 0 Å². The number of rotatable bonds is 11. The molecular weight excluding hydrogens is 392 g/mol. The van der Waals surface area contributed by atoms with Crippen molar-refractivity contribution in [2.24, 2.45) is 11.7 Å². The van der Waals surface area contributed by atoms with Crippen LogP contribution in [0.3, 0.4) is 0 Å². The van der Waals surface area contributed by atoms with Gasteiger partial charge in [-0.3, -0.25) is 9.59 Å². The van der Waals surface area contributed by atoms with Gasteiger partial charge in [-0.05, 0) is 42.9 Å². The summed E-state index contributed by atoms with van der Waals surface area (Å²) in [4.78, 5) is 24.6. The lowest BCUT2D eigenvalue weighted by Crippen LogP contribution is -2.39. The SMILES string of the molecule is CCOC(=O)[C@H](C)C[C@@H](Cc1ccc(-c2ccccc2)cc1)NC(=O)CCC1OC1N. The summed E-state index contributed by atoms with van der Waals surface area (Å²) >= 11 is 0. The van der Waals surface area contributed by atoms with Crippen LogP contribution in [0.25, 0.3) is 11.1 Å². The fraction of sp³-hybridized carbons (Fsp3) is 0.440. The van der Waals surface area contributed by atoms with E-state index in [-0.39, 0.29) is 36.2 Å². The molecule has 6 nitrogen and oxygen atoms in total. The topological polar surface area (TPSA) is 93.9 Å². The maximum Gasteiger partial charge on any atom is 0.308 e. The Morgan fingerprint density at radius 3 is 2.35 bits per heavy atom. The second-order valence-corrected chi connectivity index (χ2v) is 8.10. The number of hydrogen-bond acceptors (Lipinski definition) is 5. The molecule has 0 spiro atoms. The van der Waals surface area contributed by atoms with Gasteiger partial charge in [0.15, 0.2) is 0 Å². The Morgan fingerprint density at radius 2 is 1.74 bits per heavy atom. The standard InChI is InChI=1S/C25H32N2O4/c1-3-30-25(29)17(2)15-21(27-23(28)14-13-22-24(26)31-22)16-18-9-11-20(12-10-18)19-7-5-4-6-8-19/h4-12,17,21-22,24H,3,13-16,26H2,1-2H3,(H,27,28)/t17-,21+,22?,24?/m1/s1. The van der Waals surface area contributed by atoms with Crippen LogP contribution in [-0.4, -0.2) is 36.9 Å². The second kappa shape index (κ2) is 11.1. The minimum absolute atomic E-state index is 0.0202. The molecule has 1 saturated heterocycles. The van der Waals surface area contributed by atoms with Crippen LogP contribution in [0.2, 0.25) is 0 Å². The molecule has 1 aliphatic heterocycles. The Hall–Kier alpha value is -2.70. The van der Waals surface area contributed by atoms with Crippen LogP contribution in [0.15, 0.2) is 54.6 Å². The van der Waals surface area contributed by atoms with Gasteiger partial charge < -0.3 is 20.5 Å². The van der Waals surface area contributed by atoms with Gasteiger partial charge in [0.25, 0.3) is 0 Å². The Balaban J connectivity index is 1.63. The van der Waals surface area contributed by atoms with Gasteiger partial charge in [0.05, 0.1) is 18.6 Å². The minimum Gasteiger partial charge on any atom is -0.466 e. The summed E-state index contributed by atoms with van der Waals surface area (Å²) < 4.78 is 10.3. The highest BCUT2D eigenvalue weighted by atomic mass is 16.6. The zero-order valence-corrected chi connectivity index (χ0v) is 18.3. The first kappa shape index (κ1) is 23.0. The Morgan fingerprint density at radius 1 is 1.10 bits per heavy atom. The van der Waals surface area contributed by atoms with E-state index in [4.69, 9.17) is 15.2 Å². The maximum atomic E-state index is 12.5. The molecule has 0 aromatic heterocycles. The average Bonchev–Trinajstić information content (AvgIpc) is 3.48. The van der Waals surface area contributed by atoms with Crippen molar-refractivity contribution in [1.29, 1.82) is 0 Å². The summed E-state index contributed by atoms with van der Waals surface area (Å²) in [5, 5.41) is 3.09. The molecular formula is C25H32N2O4. The number of nitrogens with two attached hydrogens (primary N) is 1. The molecule has 6 heteroatoms. The van der Waals surface area contributed by atoms with E-state index in [9.17, 15) is 9.59 Å². The molecule has 1 fully saturated rings. The normalized spacial score (nSPS) is 19.3. The van der Waals surface area contributed by atoms with Gasteiger partial charge in [0.1, 0.15) is 6.23 Å². The van der Waals surface area contributed by atoms with Gasteiger partial charge >= 0.3 is 5.97 Å². The first-order valence-electron chi connectivity index (χ1n) is 11.0. The van der Waals surface area contributed by atoms with Crippen molar-refractivity contribution in [3.05, 3.63) is 60.2 Å². The lowest BCUT2D eigenvalue weighted by atomic mass is 9.94. The lowest BCUT2D eigenvalue weighted by molar-refractivity contribution is -0.148. The molecule has 166 valence electrons. The Kier molecular flexibility index (Phi) is 8.20. The average molecular weight is 425 g/mol. The summed E-state index contributed by atoms with van der Waals surface area (Å²) in [6, 6.07) is 18.4. The number of esters is 1. The number of carbonyl (C=O) groups excluding carboxylic acids is 2. The number of hydrogen-bond donors (Lipinski definition) is 2. The number of benzene rings is 2. The molecule has 3 N–H and O–H groups in total. The molecule has 0 bridgehead atoms. The third-order valence-corrected chi connectivity index (χ3v) is 5.51. The highest BCUT2D eigenvalue weighted by Crippen LogP contribution is 2.23. The van der Waals surface area contributed by atoms with E-state index >= 15 is 0 Å². The molecule has 2 unspecified atom stereocenters. The van der Waals surface area contributed by atoms with Gasteiger partial charge in [0, 0.05) is 12.5 Å².